The molecule has 0 N–H and O–H groups in total. The summed E-state index contributed by atoms with van der Waals surface area (Å²) in [4.78, 5) is 12.4. The molecule has 0 saturated carbocycles. The Balaban J connectivity index is 4.07. The molecule has 0 aliphatic heterocycles. The van der Waals surface area contributed by atoms with Crippen molar-refractivity contribution in [3.8, 4) is 0 Å². The van der Waals surface area contributed by atoms with Crippen LogP contribution in [0.1, 0.15) is 144 Å². The summed E-state index contributed by atoms with van der Waals surface area (Å²) >= 11 is -1.97. The summed E-state index contributed by atoms with van der Waals surface area (Å²) in [5, 5.41) is 0. The Morgan fingerprint density at radius 2 is 1.10 bits per heavy atom. The third-order valence-corrected chi connectivity index (χ3v) is 12.4. The Morgan fingerprint density at radius 3 is 1.59 bits per heavy atom. The first kappa shape index (κ1) is 29.3. The van der Waals surface area contributed by atoms with Crippen molar-refractivity contribution < 1.29 is 7.87 Å². The molecule has 3 heteroatoms. The third kappa shape index (κ3) is 22.8. The maximum absolute atomic E-state index is 12.4. The minimum atomic E-state index is -1.97. The molecule has 29 heavy (non-hydrogen) atoms. The monoisotopic (exact) mass is 517 g/mol. The Hall–Kier alpha value is 0.269. The molecule has 0 spiro atoms. The van der Waals surface area contributed by atoms with E-state index in [9.17, 15) is 4.79 Å². The Bertz CT molecular complexity index is 346. The molecule has 0 amide bonds. The average Bonchev–Trinajstić information content (AvgIpc) is 2.65. The van der Waals surface area contributed by atoms with E-state index in [1.165, 1.54) is 105 Å². The first-order chi connectivity index (χ1) is 13.9. The van der Waals surface area contributed by atoms with E-state index < -0.39 is 20.2 Å². The molecule has 173 valence electrons. The van der Waals surface area contributed by atoms with E-state index in [2.05, 4.69) is 34.6 Å². The van der Waals surface area contributed by atoms with Crippen LogP contribution in [0.4, 0.5) is 0 Å². The fourth-order valence-corrected chi connectivity index (χ4v) is 9.93. The number of carbonyl (C=O) groups is 1. The molecule has 0 aliphatic rings. The summed E-state index contributed by atoms with van der Waals surface area (Å²) in [5.41, 5.74) is 0.412. The van der Waals surface area contributed by atoms with Crippen molar-refractivity contribution in [1.82, 2.24) is 0 Å². The summed E-state index contributed by atoms with van der Waals surface area (Å²) in [6.07, 6.45) is 21.4. The Labute approximate surface area is 191 Å². The quantitative estimate of drug-likeness (QED) is 0.119. The zero-order chi connectivity index (χ0) is 21.8. The molecular formula is C26H53O2Sn. The predicted molar refractivity (Wildman–Crippen MR) is 131 cm³/mol. The van der Waals surface area contributed by atoms with Gasteiger partial charge in [-0.05, 0) is 0 Å². The number of hydrogen-bond acceptors (Lipinski definition) is 2. The van der Waals surface area contributed by atoms with Crippen molar-refractivity contribution in [3.63, 3.8) is 0 Å². The van der Waals surface area contributed by atoms with Crippen LogP contribution in [-0.2, 0) is 7.87 Å². The van der Waals surface area contributed by atoms with E-state index >= 15 is 0 Å². The van der Waals surface area contributed by atoms with Crippen molar-refractivity contribution in [2.75, 3.05) is 0 Å². The summed E-state index contributed by atoms with van der Waals surface area (Å²) in [6.45, 7) is 11.4. The van der Waals surface area contributed by atoms with E-state index in [-0.39, 0.29) is 5.97 Å². The Kier molecular flexibility index (Phi) is 20.4. The van der Waals surface area contributed by atoms with Gasteiger partial charge in [-0.3, -0.25) is 0 Å². The molecule has 0 aromatic carbocycles. The van der Waals surface area contributed by atoms with Crippen LogP contribution in [0, 0.1) is 5.41 Å². The van der Waals surface area contributed by atoms with E-state index in [1.807, 2.05) is 0 Å². The minimum absolute atomic E-state index is 0.132. The van der Waals surface area contributed by atoms with Crippen LogP contribution in [0.25, 0.3) is 0 Å². The van der Waals surface area contributed by atoms with E-state index in [1.54, 1.807) is 0 Å². The zero-order valence-corrected chi connectivity index (χ0v) is 23.6. The van der Waals surface area contributed by atoms with Crippen LogP contribution >= 0.6 is 0 Å². The van der Waals surface area contributed by atoms with Gasteiger partial charge >= 0.3 is 192 Å². The molecule has 0 bridgehead atoms. The van der Waals surface area contributed by atoms with Gasteiger partial charge in [-0.2, -0.15) is 0 Å². The number of hydrogen-bond donors (Lipinski definition) is 0. The van der Waals surface area contributed by atoms with Crippen LogP contribution in [0.2, 0.25) is 8.87 Å². The van der Waals surface area contributed by atoms with Crippen molar-refractivity contribution >= 4 is 26.1 Å². The molecule has 0 saturated heterocycles. The number of carbonyl (C=O) groups excluding carboxylic acids is 1. The third-order valence-electron chi connectivity index (χ3n) is 5.68. The zero-order valence-electron chi connectivity index (χ0n) is 20.8. The van der Waals surface area contributed by atoms with Crippen LogP contribution in [0.3, 0.4) is 0 Å². The molecule has 0 fully saturated rings. The molecule has 0 atom stereocenters. The van der Waals surface area contributed by atoms with Gasteiger partial charge < -0.3 is 0 Å². The Morgan fingerprint density at radius 1 is 0.655 bits per heavy atom. The van der Waals surface area contributed by atoms with Gasteiger partial charge in [0.2, 0.25) is 0 Å². The van der Waals surface area contributed by atoms with Crippen LogP contribution in [0.5, 0.6) is 0 Å². The van der Waals surface area contributed by atoms with Crippen molar-refractivity contribution in [1.29, 1.82) is 0 Å². The second-order valence-corrected chi connectivity index (χ2v) is 16.7. The van der Waals surface area contributed by atoms with Gasteiger partial charge in [0.05, 0.1) is 0 Å². The standard InChI is InChI=1S/C10H20O2.2C8H17.Sn/c1-10(2,3)8-6-4-5-7-9(11)12;2*1-3-5-7-8-6-4-2;/h4-8H2,1-3H3,(H,11,12);2*1,3-8H2,2H3;/q;;;+1/p-1. The molecule has 2 nitrogen and oxygen atoms in total. The van der Waals surface area contributed by atoms with Gasteiger partial charge in [0.15, 0.2) is 0 Å². The molecule has 1 radical (unpaired) electrons. The fourth-order valence-electron chi connectivity index (χ4n) is 3.75. The fraction of sp³-hybridized carbons (Fsp3) is 0.962. The first-order valence-corrected chi connectivity index (χ1v) is 18.1. The van der Waals surface area contributed by atoms with E-state index in [4.69, 9.17) is 3.07 Å². The average molecular weight is 516 g/mol. The second-order valence-electron chi connectivity index (χ2n) is 10.2. The van der Waals surface area contributed by atoms with Crippen LogP contribution in [0.15, 0.2) is 0 Å². The van der Waals surface area contributed by atoms with Gasteiger partial charge in [-0.25, -0.2) is 0 Å². The number of unbranched alkanes of at least 4 members (excludes halogenated alkanes) is 12. The van der Waals surface area contributed by atoms with E-state index in [0.717, 1.165) is 6.42 Å². The molecule has 0 unspecified atom stereocenters. The van der Waals surface area contributed by atoms with Gasteiger partial charge in [-0.1, -0.05) is 0 Å². The number of rotatable bonds is 20. The SMILES string of the molecule is CCCCCCC[CH2][Sn]([CH2]CCCCCCC)[O]C(=O)CCCCCC(C)(C)C. The molecule has 0 aromatic heterocycles. The van der Waals surface area contributed by atoms with Crippen LogP contribution < -0.4 is 0 Å². The summed E-state index contributed by atoms with van der Waals surface area (Å²) in [6, 6.07) is 0. The molecular weight excluding hydrogens is 463 g/mol. The van der Waals surface area contributed by atoms with Gasteiger partial charge in [0.25, 0.3) is 0 Å². The summed E-state index contributed by atoms with van der Waals surface area (Å²) < 4.78 is 8.64. The molecule has 0 heterocycles. The normalized spacial score (nSPS) is 11.9. The van der Waals surface area contributed by atoms with Gasteiger partial charge in [0.1, 0.15) is 0 Å². The summed E-state index contributed by atoms with van der Waals surface area (Å²) in [7, 11) is 0. The maximum atomic E-state index is 12.4. The second kappa shape index (κ2) is 20.2. The van der Waals surface area contributed by atoms with Crippen molar-refractivity contribution in [3.05, 3.63) is 0 Å². The first-order valence-electron chi connectivity index (χ1n) is 12.9. The van der Waals surface area contributed by atoms with Gasteiger partial charge in [0, 0.05) is 0 Å². The van der Waals surface area contributed by atoms with E-state index in [0.29, 0.717) is 11.8 Å². The predicted octanol–water partition coefficient (Wildman–Crippen LogP) is 9.24. The summed E-state index contributed by atoms with van der Waals surface area (Å²) in [5.74, 6) is 0.132. The van der Waals surface area contributed by atoms with Crippen molar-refractivity contribution in [2.45, 2.75) is 153 Å². The van der Waals surface area contributed by atoms with Crippen LogP contribution in [-0.4, -0.2) is 26.1 Å². The topological polar surface area (TPSA) is 26.3 Å². The molecule has 0 rings (SSSR count). The molecule has 0 aromatic rings. The van der Waals surface area contributed by atoms with Crippen molar-refractivity contribution in [2.24, 2.45) is 5.41 Å². The van der Waals surface area contributed by atoms with Gasteiger partial charge in [-0.15, -0.1) is 0 Å². The molecule has 0 aliphatic carbocycles.